The highest BCUT2D eigenvalue weighted by atomic mass is 16.5. The van der Waals surface area contributed by atoms with Crippen molar-refractivity contribution in [1.82, 2.24) is 0 Å². The molecule has 0 bridgehead atoms. The van der Waals surface area contributed by atoms with Gasteiger partial charge in [-0.25, -0.2) is 4.79 Å². The van der Waals surface area contributed by atoms with Crippen LogP contribution in [-0.4, -0.2) is 12.1 Å². The number of hydrogen-bond acceptors (Lipinski definition) is 2. The molecular weight excluding hydrogens is 320 g/mol. The third-order valence-corrected chi connectivity index (χ3v) is 4.72. The van der Waals surface area contributed by atoms with E-state index in [1.54, 1.807) is 0 Å². The van der Waals surface area contributed by atoms with Gasteiger partial charge in [-0.15, -0.1) is 0 Å². The summed E-state index contributed by atoms with van der Waals surface area (Å²) in [7, 11) is 0. The van der Waals surface area contributed by atoms with Gasteiger partial charge < -0.3 is 4.74 Å². The summed E-state index contributed by atoms with van der Waals surface area (Å²) in [6.45, 7) is 6.38. The van der Waals surface area contributed by atoms with Crippen molar-refractivity contribution >= 4 is 5.97 Å². The van der Waals surface area contributed by atoms with E-state index < -0.39 is 0 Å². The van der Waals surface area contributed by atoms with Crippen molar-refractivity contribution in [3.8, 4) is 11.1 Å². The molecule has 2 nitrogen and oxygen atoms in total. The lowest BCUT2D eigenvalue weighted by molar-refractivity contribution is 0.0319. The van der Waals surface area contributed by atoms with Crippen LogP contribution < -0.4 is 0 Å². The molecule has 0 N–H and O–H groups in total. The second kappa shape index (κ2) is 10.8. The lowest BCUT2D eigenvalue weighted by Gasteiger charge is -2.13. The number of esters is 1. The minimum absolute atomic E-state index is 0.0230. The van der Waals surface area contributed by atoms with E-state index in [0.717, 1.165) is 31.2 Å². The first-order valence-corrected chi connectivity index (χ1v) is 10.0. The molecule has 0 radical (unpaired) electrons. The zero-order chi connectivity index (χ0) is 18.8. The van der Waals surface area contributed by atoms with Crippen LogP contribution in [0.4, 0.5) is 0 Å². The average molecular weight is 353 g/mol. The Hall–Kier alpha value is -2.09. The average Bonchev–Trinajstić information content (AvgIpc) is 2.66. The van der Waals surface area contributed by atoms with Crippen molar-refractivity contribution in [2.24, 2.45) is 0 Å². The summed E-state index contributed by atoms with van der Waals surface area (Å²) in [6, 6.07) is 16.4. The van der Waals surface area contributed by atoms with Gasteiger partial charge in [0.2, 0.25) is 0 Å². The smallest absolute Gasteiger partial charge is 0.338 e. The number of carbonyl (C=O) groups is 1. The maximum absolute atomic E-state index is 12.3. The summed E-state index contributed by atoms with van der Waals surface area (Å²) in [5, 5.41) is 0. The third-order valence-electron chi connectivity index (χ3n) is 4.72. The van der Waals surface area contributed by atoms with E-state index in [2.05, 4.69) is 38.1 Å². The Kier molecular flexibility index (Phi) is 8.40. The summed E-state index contributed by atoms with van der Waals surface area (Å²) in [5.74, 6) is -0.224. The van der Waals surface area contributed by atoms with Crippen molar-refractivity contribution in [2.45, 2.75) is 71.8 Å². The summed E-state index contributed by atoms with van der Waals surface area (Å²) in [4.78, 5) is 12.3. The van der Waals surface area contributed by atoms with Gasteiger partial charge in [-0.1, -0.05) is 75.9 Å². The fourth-order valence-corrected chi connectivity index (χ4v) is 3.12. The molecule has 0 aliphatic rings. The molecule has 2 rings (SSSR count). The number of rotatable bonds is 10. The number of ether oxygens (including phenoxy) is 1. The number of unbranched alkanes of at least 4 members (excludes halogenated alkanes) is 3. The Labute approximate surface area is 158 Å². The molecule has 0 amide bonds. The van der Waals surface area contributed by atoms with Crippen LogP contribution in [0.2, 0.25) is 0 Å². The number of hydrogen-bond donors (Lipinski definition) is 0. The van der Waals surface area contributed by atoms with Crippen molar-refractivity contribution in [3.05, 3.63) is 59.7 Å². The summed E-state index contributed by atoms with van der Waals surface area (Å²) in [6.07, 6.45) is 8.00. The van der Waals surface area contributed by atoms with Gasteiger partial charge in [0.1, 0.15) is 0 Å². The first-order chi connectivity index (χ1) is 12.6. The number of aryl methyl sites for hydroxylation is 1. The van der Waals surface area contributed by atoms with Gasteiger partial charge in [-0.2, -0.15) is 0 Å². The van der Waals surface area contributed by atoms with Crippen molar-refractivity contribution in [3.63, 3.8) is 0 Å². The minimum Gasteiger partial charge on any atom is -0.459 e. The fraction of sp³-hybridized carbons (Fsp3) is 0.458. The molecule has 0 aromatic heterocycles. The first kappa shape index (κ1) is 20.2. The predicted octanol–water partition coefficient (Wildman–Crippen LogP) is 6.82. The molecule has 0 spiro atoms. The van der Waals surface area contributed by atoms with Crippen LogP contribution >= 0.6 is 0 Å². The molecule has 1 unspecified atom stereocenters. The zero-order valence-corrected chi connectivity index (χ0v) is 16.5. The van der Waals surface area contributed by atoms with Crippen LogP contribution in [-0.2, 0) is 11.2 Å². The highest BCUT2D eigenvalue weighted by Gasteiger charge is 2.12. The summed E-state index contributed by atoms with van der Waals surface area (Å²) < 4.78 is 5.57. The second-order valence-corrected chi connectivity index (χ2v) is 7.09. The molecule has 0 aliphatic carbocycles. The van der Waals surface area contributed by atoms with E-state index in [1.165, 1.54) is 30.4 Å². The Morgan fingerprint density at radius 2 is 1.46 bits per heavy atom. The standard InChI is InChI=1S/C24H32O2/c1-4-6-7-8-10-19(3)26-24(25)23-17-15-22(16-18-23)21-13-11-20(9-5-2)12-14-21/h11-19H,4-10H2,1-3H3. The number of carbonyl (C=O) groups excluding carboxylic acids is 1. The van der Waals surface area contributed by atoms with Crippen LogP contribution in [0.5, 0.6) is 0 Å². The molecule has 0 heterocycles. The van der Waals surface area contributed by atoms with Gasteiger partial charge in [0, 0.05) is 0 Å². The van der Waals surface area contributed by atoms with Gasteiger partial charge in [-0.3, -0.25) is 0 Å². The number of benzene rings is 2. The monoisotopic (exact) mass is 352 g/mol. The van der Waals surface area contributed by atoms with E-state index in [0.29, 0.717) is 5.56 Å². The van der Waals surface area contributed by atoms with Crippen molar-refractivity contribution in [2.75, 3.05) is 0 Å². The molecule has 140 valence electrons. The van der Waals surface area contributed by atoms with E-state index in [4.69, 9.17) is 4.74 Å². The topological polar surface area (TPSA) is 26.3 Å². The van der Waals surface area contributed by atoms with Crippen molar-refractivity contribution in [1.29, 1.82) is 0 Å². The maximum atomic E-state index is 12.3. The molecule has 2 heteroatoms. The summed E-state index contributed by atoms with van der Waals surface area (Å²) in [5.41, 5.74) is 4.28. The Bertz CT molecular complexity index is 656. The lowest BCUT2D eigenvalue weighted by Crippen LogP contribution is -2.15. The molecule has 2 aromatic rings. The maximum Gasteiger partial charge on any atom is 0.338 e. The van der Waals surface area contributed by atoms with E-state index >= 15 is 0 Å². The Morgan fingerprint density at radius 3 is 2.04 bits per heavy atom. The van der Waals surface area contributed by atoms with Gasteiger partial charge in [0.05, 0.1) is 11.7 Å². The lowest BCUT2D eigenvalue weighted by atomic mass is 10.0. The van der Waals surface area contributed by atoms with E-state index in [9.17, 15) is 4.79 Å². The second-order valence-electron chi connectivity index (χ2n) is 7.09. The normalized spacial score (nSPS) is 12.0. The Balaban J connectivity index is 1.90. The first-order valence-electron chi connectivity index (χ1n) is 10.0. The highest BCUT2D eigenvalue weighted by Crippen LogP contribution is 2.21. The van der Waals surface area contributed by atoms with Crippen LogP contribution in [0.15, 0.2) is 48.5 Å². The van der Waals surface area contributed by atoms with Gasteiger partial charge in [-0.05, 0) is 55.0 Å². The van der Waals surface area contributed by atoms with Crippen LogP contribution in [0, 0.1) is 0 Å². The van der Waals surface area contributed by atoms with Gasteiger partial charge in [0.25, 0.3) is 0 Å². The van der Waals surface area contributed by atoms with Crippen LogP contribution in [0.3, 0.4) is 0 Å². The summed E-state index contributed by atoms with van der Waals surface area (Å²) >= 11 is 0. The van der Waals surface area contributed by atoms with Gasteiger partial charge in [0.15, 0.2) is 0 Å². The highest BCUT2D eigenvalue weighted by molar-refractivity contribution is 5.90. The molecule has 2 aromatic carbocycles. The molecule has 26 heavy (non-hydrogen) atoms. The van der Waals surface area contributed by atoms with E-state index in [-0.39, 0.29) is 12.1 Å². The largest absolute Gasteiger partial charge is 0.459 e. The molecule has 1 atom stereocenters. The Morgan fingerprint density at radius 1 is 0.846 bits per heavy atom. The SMILES string of the molecule is CCCCCCC(C)OC(=O)c1ccc(-c2ccc(CCC)cc2)cc1. The third kappa shape index (κ3) is 6.33. The van der Waals surface area contributed by atoms with Crippen LogP contribution in [0.1, 0.15) is 75.2 Å². The van der Waals surface area contributed by atoms with Crippen LogP contribution in [0.25, 0.3) is 11.1 Å². The quantitative estimate of drug-likeness (QED) is 0.346. The van der Waals surface area contributed by atoms with E-state index in [1.807, 2.05) is 31.2 Å². The predicted molar refractivity (Wildman–Crippen MR) is 110 cm³/mol. The molecule has 0 saturated heterocycles. The zero-order valence-electron chi connectivity index (χ0n) is 16.5. The molecule has 0 aliphatic heterocycles. The minimum atomic E-state index is -0.224. The molecule has 0 fully saturated rings. The molecule has 0 saturated carbocycles. The fourth-order valence-electron chi connectivity index (χ4n) is 3.12. The molecular formula is C24H32O2. The van der Waals surface area contributed by atoms with Crippen molar-refractivity contribution < 1.29 is 9.53 Å². The van der Waals surface area contributed by atoms with Gasteiger partial charge >= 0.3 is 5.97 Å².